The molecular weight excluding hydrogens is 627 g/mol. The van der Waals surface area contributed by atoms with E-state index in [0.29, 0.717) is 0 Å². The Morgan fingerprint density at radius 2 is 0.981 bits per heavy atom. The molecular formula is C51H45N. The summed E-state index contributed by atoms with van der Waals surface area (Å²) in [5.74, 6) is 3.36. The first-order valence-corrected chi connectivity index (χ1v) is 20.2. The Labute approximate surface area is 308 Å². The number of rotatable bonds is 4. The SMILES string of the molecule is c1ccc(-c2cccc(N(c3ccc4c(c3)-c3ccccc3C43CCCC3)c3ccc4c(c3)C3(c5ccccc5-4)C4CC5CC(C4)CC3C5)c2)cc1. The van der Waals surface area contributed by atoms with Crippen molar-refractivity contribution >= 4 is 17.1 Å². The second-order valence-corrected chi connectivity index (χ2v) is 17.3. The maximum Gasteiger partial charge on any atom is 0.0468 e. The number of hydrogen-bond acceptors (Lipinski definition) is 1. The molecule has 5 fully saturated rings. The van der Waals surface area contributed by atoms with Gasteiger partial charge >= 0.3 is 0 Å². The molecule has 254 valence electrons. The molecule has 0 aromatic heterocycles. The van der Waals surface area contributed by atoms with Crippen molar-refractivity contribution in [1.29, 1.82) is 0 Å². The van der Waals surface area contributed by atoms with Gasteiger partial charge in [0.2, 0.25) is 0 Å². The monoisotopic (exact) mass is 671 g/mol. The lowest BCUT2D eigenvalue weighted by Crippen LogP contribution is -2.55. The summed E-state index contributed by atoms with van der Waals surface area (Å²) in [7, 11) is 0. The first-order valence-electron chi connectivity index (χ1n) is 20.2. The van der Waals surface area contributed by atoms with Gasteiger partial charge in [0.15, 0.2) is 0 Å². The average Bonchev–Trinajstić information content (AvgIpc) is 3.87. The van der Waals surface area contributed by atoms with Gasteiger partial charge in [-0.1, -0.05) is 116 Å². The second-order valence-electron chi connectivity index (χ2n) is 17.3. The van der Waals surface area contributed by atoms with Crippen molar-refractivity contribution in [2.45, 2.75) is 68.6 Å². The van der Waals surface area contributed by atoms with Crippen LogP contribution in [0.1, 0.15) is 80.0 Å². The summed E-state index contributed by atoms with van der Waals surface area (Å²) in [6, 6.07) is 54.0. The van der Waals surface area contributed by atoms with Crippen LogP contribution in [0.5, 0.6) is 0 Å². The van der Waals surface area contributed by atoms with Crippen molar-refractivity contribution in [3.63, 3.8) is 0 Å². The Hall–Kier alpha value is -4.88. The Kier molecular flexibility index (Phi) is 6.18. The van der Waals surface area contributed by atoms with E-state index < -0.39 is 0 Å². The molecule has 0 atom stereocenters. The summed E-state index contributed by atoms with van der Waals surface area (Å²) >= 11 is 0. The number of fused-ring (bicyclic) bond motifs is 8. The molecule has 0 heterocycles. The predicted octanol–water partition coefficient (Wildman–Crippen LogP) is 13.4. The minimum absolute atomic E-state index is 0.138. The van der Waals surface area contributed by atoms with Crippen molar-refractivity contribution in [3.05, 3.63) is 162 Å². The molecule has 1 heteroatoms. The van der Waals surface area contributed by atoms with Crippen molar-refractivity contribution in [3.8, 4) is 33.4 Å². The molecule has 0 radical (unpaired) electrons. The van der Waals surface area contributed by atoms with E-state index in [1.807, 2.05) is 0 Å². The van der Waals surface area contributed by atoms with Crippen LogP contribution in [0.3, 0.4) is 0 Å². The highest BCUT2D eigenvalue weighted by atomic mass is 15.1. The van der Waals surface area contributed by atoms with Crippen LogP contribution in [0, 0.1) is 23.7 Å². The summed E-state index contributed by atoms with van der Waals surface area (Å²) in [4.78, 5) is 2.59. The van der Waals surface area contributed by atoms with E-state index in [-0.39, 0.29) is 10.8 Å². The Morgan fingerprint density at radius 3 is 1.75 bits per heavy atom. The quantitative estimate of drug-likeness (QED) is 0.180. The molecule has 6 aromatic carbocycles. The molecule has 7 aliphatic rings. The maximum atomic E-state index is 2.66. The third-order valence-electron chi connectivity index (χ3n) is 15.0. The van der Waals surface area contributed by atoms with Gasteiger partial charge in [-0.15, -0.1) is 0 Å². The first kappa shape index (κ1) is 29.7. The zero-order valence-electron chi connectivity index (χ0n) is 29.9. The molecule has 0 amide bonds. The van der Waals surface area contributed by atoms with Crippen molar-refractivity contribution < 1.29 is 0 Å². The fraction of sp³-hybridized carbons (Fsp3) is 0.294. The minimum atomic E-state index is 0.138. The van der Waals surface area contributed by atoms with E-state index in [4.69, 9.17) is 0 Å². The lowest BCUT2D eigenvalue weighted by Gasteiger charge is -2.61. The fourth-order valence-corrected chi connectivity index (χ4v) is 13.3. The Bertz CT molecular complexity index is 2360. The maximum absolute atomic E-state index is 2.66. The van der Waals surface area contributed by atoms with E-state index in [0.717, 1.165) is 23.7 Å². The van der Waals surface area contributed by atoms with Crippen LogP contribution in [0.2, 0.25) is 0 Å². The molecule has 13 rings (SSSR count). The second kappa shape index (κ2) is 10.8. The van der Waals surface area contributed by atoms with Gasteiger partial charge in [-0.05, 0) is 161 Å². The highest BCUT2D eigenvalue weighted by Crippen LogP contribution is 2.69. The topological polar surface area (TPSA) is 3.24 Å². The zero-order valence-corrected chi connectivity index (χ0v) is 29.9. The fourth-order valence-electron chi connectivity index (χ4n) is 13.3. The average molecular weight is 672 g/mol. The van der Waals surface area contributed by atoms with Crippen LogP contribution in [0.25, 0.3) is 33.4 Å². The standard InChI is InChI=1S/C51H45N/c1-2-11-35(12-3-1)36-13-10-14-39(30-36)52(40-20-22-47-45(31-40)43-16-4-6-17-46(43)50(47)23-8-9-24-50)41-19-21-44-42-15-5-7-18-48(42)51(49(44)32-41)37-26-33-25-34(28-37)29-38(51)27-33/h1-7,10-22,30-34,37-38H,8-9,23-29H2. The molecule has 5 saturated carbocycles. The van der Waals surface area contributed by atoms with Gasteiger partial charge in [-0.2, -0.15) is 0 Å². The van der Waals surface area contributed by atoms with E-state index in [1.165, 1.54) is 108 Å². The van der Waals surface area contributed by atoms with Gasteiger partial charge < -0.3 is 4.90 Å². The largest absolute Gasteiger partial charge is 0.310 e. The highest BCUT2D eigenvalue weighted by Gasteiger charge is 2.61. The van der Waals surface area contributed by atoms with Crippen LogP contribution in [-0.2, 0) is 10.8 Å². The van der Waals surface area contributed by atoms with E-state index >= 15 is 0 Å². The zero-order chi connectivity index (χ0) is 34.0. The van der Waals surface area contributed by atoms with E-state index in [2.05, 4.69) is 144 Å². The summed E-state index contributed by atoms with van der Waals surface area (Å²) in [6.07, 6.45) is 12.2. The van der Waals surface area contributed by atoms with Crippen LogP contribution >= 0.6 is 0 Å². The van der Waals surface area contributed by atoms with Crippen LogP contribution in [0.4, 0.5) is 17.1 Å². The predicted molar refractivity (Wildman–Crippen MR) is 215 cm³/mol. The summed E-state index contributed by atoms with van der Waals surface area (Å²) in [5, 5.41) is 0. The summed E-state index contributed by atoms with van der Waals surface area (Å²) < 4.78 is 0. The molecule has 6 aromatic rings. The van der Waals surface area contributed by atoms with Crippen molar-refractivity contribution in [2.75, 3.05) is 4.90 Å². The third kappa shape index (κ3) is 3.90. The number of nitrogens with zero attached hydrogens (tertiary/aromatic N) is 1. The summed E-state index contributed by atoms with van der Waals surface area (Å²) in [5.41, 5.74) is 18.8. The van der Waals surface area contributed by atoms with Crippen LogP contribution in [-0.4, -0.2) is 0 Å². The van der Waals surface area contributed by atoms with Crippen molar-refractivity contribution in [2.24, 2.45) is 23.7 Å². The molecule has 0 aliphatic heterocycles. The molecule has 0 saturated heterocycles. The third-order valence-corrected chi connectivity index (χ3v) is 15.0. The normalized spacial score (nSPS) is 26.4. The minimum Gasteiger partial charge on any atom is -0.310 e. The Morgan fingerprint density at radius 1 is 0.404 bits per heavy atom. The molecule has 2 spiro atoms. The van der Waals surface area contributed by atoms with Gasteiger partial charge in [-0.3, -0.25) is 0 Å². The van der Waals surface area contributed by atoms with E-state index in [9.17, 15) is 0 Å². The molecule has 0 N–H and O–H groups in total. The molecule has 52 heavy (non-hydrogen) atoms. The first-order chi connectivity index (χ1) is 25.7. The lowest BCUT2D eigenvalue weighted by molar-refractivity contribution is -0.0399. The van der Waals surface area contributed by atoms with Gasteiger partial charge in [-0.25, -0.2) is 0 Å². The smallest absolute Gasteiger partial charge is 0.0468 e. The molecule has 1 nitrogen and oxygen atoms in total. The van der Waals surface area contributed by atoms with Crippen molar-refractivity contribution in [1.82, 2.24) is 0 Å². The van der Waals surface area contributed by atoms with Crippen LogP contribution in [0.15, 0.2) is 140 Å². The summed E-state index contributed by atoms with van der Waals surface area (Å²) in [6.45, 7) is 0. The van der Waals surface area contributed by atoms with Crippen LogP contribution < -0.4 is 4.90 Å². The van der Waals surface area contributed by atoms with Gasteiger partial charge in [0.05, 0.1) is 0 Å². The van der Waals surface area contributed by atoms with Gasteiger partial charge in [0.25, 0.3) is 0 Å². The van der Waals surface area contributed by atoms with Gasteiger partial charge in [0, 0.05) is 27.9 Å². The lowest BCUT2D eigenvalue weighted by atomic mass is 9.43. The number of hydrogen-bond donors (Lipinski definition) is 0. The molecule has 0 unspecified atom stereocenters. The number of benzene rings is 6. The van der Waals surface area contributed by atoms with E-state index in [1.54, 1.807) is 22.3 Å². The number of anilines is 3. The Balaban J connectivity index is 1.07. The molecule has 7 aliphatic carbocycles. The highest BCUT2D eigenvalue weighted by molar-refractivity contribution is 5.90. The van der Waals surface area contributed by atoms with Gasteiger partial charge in [0.1, 0.15) is 0 Å². The molecule has 4 bridgehead atoms.